The van der Waals surface area contributed by atoms with Crippen molar-refractivity contribution in [2.75, 3.05) is 13.1 Å². The maximum Gasteiger partial charge on any atom is 0.267 e. The van der Waals surface area contributed by atoms with Crippen LogP contribution in [0, 0.1) is 0 Å². The molecule has 180 valence electrons. The van der Waals surface area contributed by atoms with Crippen molar-refractivity contribution in [1.82, 2.24) is 34.8 Å². The van der Waals surface area contributed by atoms with Crippen molar-refractivity contribution in [3.8, 4) is 11.1 Å². The van der Waals surface area contributed by atoms with Gasteiger partial charge in [0.05, 0.1) is 24.5 Å². The van der Waals surface area contributed by atoms with Gasteiger partial charge in [-0.25, -0.2) is 14.6 Å². The molecule has 0 unspecified atom stereocenters. The van der Waals surface area contributed by atoms with Gasteiger partial charge >= 0.3 is 0 Å². The first-order chi connectivity index (χ1) is 17.1. The Morgan fingerprint density at radius 3 is 2.57 bits per heavy atom. The van der Waals surface area contributed by atoms with E-state index >= 15 is 0 Å². The van der Waals surface area contributed by atoms with Gasteiger partial charge in [0.2, 0.25) is 0 Å². The van der Waals surface area contributed by atoms with Crippen LogP contribution in [0.4, 0.5) is 0 Å². The molecule has 0 aromatic carbocycles. The van der Waals surface area contributed by atoms with Gasteiger partial charge in [-0.3, -0.25) is 9.48 Å². The number of allylic oxidation sites excluding steroid dienone is 5. The van der Waals surface area contributed by atoms with Crippen LogP contribution in [0.2, 0.25) is 0 Å². The predicted octanol–water partition coefficient (Wildman–Crippen LogP) is 3.91. The molecule has 3 aromatic rings. The van der Waals surface area contributed by atoms with Gasteiger partial charge in [0.1, 0.15) is 0 Å². The molecule has 1 aliphatic carbocycles. The van der Waals surface area contributed by atoms with Crippen molar-refractivity contribution in [2.45, 2.75) is 51.1 Å². The summed E-state index contributed by atoms with van der Waals surface area (Å²) in [5, 5.41) is 12.5. The van der Waals surface area contributed by atoms with Gasteiger partial charge < -0.3 is 5.32 Å². The number of piperidine rings is 1. The monoisotopic (exact) mass is 469 g/mol. The summed E-state index contributed by atoms with van der Waals surface area (Å²) in [4.78, 5) is 21.6. The Kier molecular flexibility index (Phi) is 6.81. The van der Waals surface area contributed by atoms with Gasteiger partial charge in [-0.1, -0.05) is 18.7 Å². The number of hydrogen-bond acceptors (Lipinski definition) is 6. The fourth-order valence-corrected chi connectivity index (χ4v) is 4.38. The van der Waals surface area contributed by atoms with E-state index in [2.05, 4.69) is 42.9 Å². The minimum absolute atomic E-state index is 0.116. The molecule has 1 saturated carbocycles. The third-order valence-corrected chi connectivity index (χ3v) is 6.66. The van der Waals surface area contributed by atoms with Crippen molar-refractivity contribution >= 4 is 5.57 Å². The predicted molar refractivity (Wildman–Crippen MR) is 137 cm³/mol. The Hall–Kier alpha value is -3.65. The molecule has 35 heavy (non-hydrogen) atoms. The van der Waals surface area contributed by atoms with E-state index in [1.165, 1.54) is 4.68 Å². The minimum atomic E-state index is -0.116. The second kappa shape index (κ2) is 10.3. The molecule has 3 aromatic heterocycles. The Morgan fingerprint density at radius 1 is 1.11 bits per heavy atom. The molecular weight excluding hydrogens is 438 g/mol. The smallest absolute Gasteiger partial charge is 0.267 e. The van der Waals surface area contributed by atoms with E-state index < -0.39 is 0 Å². The summed E-state index contributed by atoms with van der Waals surface area (Å²) in [5.74, 6) is 1.11. The van der Waals surface area contributed by atoms with Crippen LogP contribution < -0.4 is 10.9 Å². The fourth-order valence-electron chi connectivity index (χ4n) is 4.38. The first-order valence-electron chi connectivity index (χ1n) is 12.3. The summed E-state index contributed by atoms with van der Waals surface area (Å²) in [6, 6.07) is 3.89. The number of rotatable bonds is 8. The van der Waals surface area contributed by atoms with E-state index in [1.807, 2.05) is 43.7 Å². The molecule has 2 fully saturated rings. The third-order valence-electron chi connectivity index (χ3n) is 6.66. The lowest BCUT2D eigenvalue weighted by Crippen LogP contribution is -2.29. The molecule has 2 aliphatic rings. The number of nitrogens with zero attached hydrogens (tertiary/aromatic N) is 6. The highest BCUT2D eigenvalue weighted by molar-refractivity contribution is 5.71. The number of aromatic nitrogens is 6. The van der Waals surface area contributed by atoms with E-state index in [4.69, 9.17) is 0 Å². The lowest BCUT2D eigenvalue weighted by atomic mass is 10.1. The molecule has 1 aliphatic heterocycles. The minimum Gasteiger partial charge on any atom is -0.317 e. The van der Waals surface area contributed by atoms with Crippen molar-refractivity contribution in [2.24, 2.45) is 0 Å². The topological polar surface area (TPSA) is 90.5 Å². The largest absolute Gasteiger partial charge is 0.317 e. The Bertz CT molecular complexity index is 1310. The molecule has 5 rings (SSSR count). The molecule has 1 saturated heterocycles. The Balaban J connectivity index is 1.32. The highest BCUT2D eigenvalue weighted by Crippen LogP contribution is 2.38. The molecule has 1 N–H and O–H groups in total. The summed E-state index contributed by atoms with van der Waals surface area (Å²) in [6.07, 6.45) is 17.8. The summed E-state index contributed by atoms with van der Waals surface area (Å²) >= 11 is 0. The van der Waals surface area contributed by atoms with Crippen LogP contribution in [0.25, 0.3) is 16.7 Å². The van der Waals surface area contributed by atoms with Gasteiger partial charge in [0.15, 0.2) is 5.82 Å². The van der Waals surface area contributed by atoms with E-state index in [0.29, 0.717) is 24.3 Å². The van der Waals surface area contributed by atoms with Gasteiger partial charge in [-0.2, -0.15) is 10.2 Å². The molecule has 8 heteroatoms. The van der Waals surface area contributed by atoms with Crippen molar-refractivity contribution in [3.63, 3.8) is 0 Å². The van der Waals surface area contributed by atoms with Crippen molar-refractivity contribution in [3.05, 3.63) is 89.2 Å². The van der Waals surface area contributed by atoms with Crippen LogP contribution in [0.1, 0.15) is 56.1 Å². The summed E-state index contributed by atoms with van der Waals surface area (Å²) in [7, 11) is 0. The molecule has 4 heterocycles. The highest BCUT2D eigenvalue weighted by atomic mass is 16.1. The SMILES string of the molecule is C=C/C(=C\C(=C/C)c1ncc(-c2cnn(C3CCNCC3)c2)cn1)Cn1nc(C2CC2)ccc1=O. The Morgan fingerprint density at radius 2 is 1.89 bits per heavy atom. The average molecular weight is 470 g/mol. The van der Waals surface area contributed by atoms with Gasteiger partial charge in [0.25, 0.3) is 5.56 Å². The number of nitrogens with one attached hydrogen (secondary N) is 1. The van der Waals surface area contributed by atoms with Crippen LogP contribution >= 0.6 is 0 Å². The number of hydrogen-bond donors (Lipinski definition) is 1. The van der Waals surface area contributed by atoms with E-state index in [-0.39, 0.29) is 5.56 Å². The van der Waals surface area contributed by atoms with Crippen LogP contribution in [0.5, 0.6) is 0 Å². The van der Waals surface area contributed by atoms with Crippen LogP contribution in [-0.4, -0.2) is 42.6 Å². The summed E-state index contributed by atoms with van der Waals surface area (Å²) in [6.45, 7) is 8.30. The Labute approximate surface area is 205 Å². The van der Waals surface area contributed by atoms with Crippen LogP contribution in [-0.2, 0) is 6.54 Å². The highest BCUT2D eigenvalue weighted by Gasteiger charge is 2.25. The average Bonchev–Trinajstić information content (AvgIpc) is 3.64. The van der Waals surface area contributed by atoms with E-state index in [0.717, 1.165) is 66.7 Å². The zero-order chi connectivity index (χ0) is 24.2. The molecule has 0 amide bonds. The third kappa shape index (κ3) is 5.38. The lowest BCUT2D eigenvalue weighted by molar-refractivity contribution is 0.343. The molecule has 0 bridgehead atoms. The van der Waals surface area contributed by atoms with Gasteiger partial charge in [-0.05, 0) is 63.4 Å². The van der Waals surface area contributed by atoms with E-state index in [1.54, 1.807) is 12.1 Å². The molecular formula is C27H31N7O. The summed E-state index contributed by atoms with van der Waals surface area (Å²) < 4.78 is 3.58. The normalized spacial score (nSPS) is 17.5. The first-order valence-corrected chi connectivity index (χ1v) is 12.3. The zero-order valence-electron chi connectivity index (χ0n) is 20.1. The second-order valence-corrected chi connectivity index (χ2v) is 9.18. The van der Waals surface area contributed by atoms with Crippen LogP contribution in [0.3, 0.4) is 0 Å². The standard InChI is InChI=1S/C27H31N7O/c1-3-19(17-34-26(35)8-7-25(32-34)21-5-6-21)13-20(4-2)27-29-14-22(15-30-27)23-16-31-33(18-23)24-9-11-28-12-10-24/h3-4,7-8,13-16,18,21,24,28H,1,5-6,9-12,17H2,2H3/b19-13+,20-4+. The molecule has 0 spiro atoms. The maximum atomic E-state index is 12.4. The molecule has 0 radical (unpaired) electrons. The molecule has 8 nitrogen and oxygen atoms in total. The zero-order valence-corrected chi connectivity index (χ0v) is 20.1. The van der Waals surface area contributed by atoms with Crippen LogP contribution in [0.15, 0.2) is 72.1 Å². The van der Waals surface area contributed by atoms with E-state index in [9.17, 15) is 4.79 Å². The maximum absolute atomic E-state index is 12.4. The fraction of sp³-hybridized carbons (Fsp3) is 0.370. The first kappa shape index (κ1) is 23.1. The lowest BCUT2D eigenvalue weighted by Gasteiger charge is -2.22. The summed E-state index contributed by atoms with van der Waals surface area (Å²) in [5.41, 5.74) is 4.56. The quantitative estimate of drug-likeness (QED) is 0.503. The van der Waals surface area contributed by atoms with Gasteiger partial charge in [-0.15, -0.1) is 0 Å². The second-order valence-electron chi connectivity index (χ2n) is 9.18. The van der Waals surface area contributed by atoms with Crippen molar-refractivity contribution < 1.29 is 0 Å². The molecule has 0 atom stereocenters. The van der Waals surface area contributed by atoms with Crippen molar-refractivity contribution in [1.29, 1.82) is 0 Å². The van der Waals surface area contributed by atoms with Gasteiger partial charge in [0, 0.05) is 47.3 Å².